The van der Waals surface area contributed by atoms with Gasteiger partial charge in [-0.3, -0.25) is 4.79 Å². The molecule has 14 heavy (non-hydrogen) atoms. The van der Waals surface area contributed by atoms with Crippen molar-refractivity contribution >= 4 is 17.7 Å². The summed E-state index contributed by atoms with van der Waals surface area (Å²) < 4.78 is 35.2. The quantitative estimate of drug-likeness (QED) is 0.777. The first kappa shape index (κ1) is 11.6. The monoisotopic (exact) mass is 228 g/mol. The minimum atomic E-state index is -4.22. The number of rotatable bonds is 3. The van der Waals surface area contributed by atoms with Gasteiger partial charge in [-0.2, -0.15) is 13.2 Å². The third kappa shape index (κ3) is 3.38. The molecule has 1 fully saturated rings. The Labute approximate surface area is 83.8 Å². The van der Waals surface area contributed by atoms with Gasteiger partial charge < -0.3 is 10.6 Å². The van der Waals surface area contributed by atoms with E-state index in [1.54, 1.807) is 0 Å². The van der Waals surface area contributed by atoms with E-state index in [1.165, 1.54) is 4.90 Å². The van der Waals surface area contributed by atoms with Gasteiger partial charge in [0.1, 0.15) is 0 Å². The summed E-state index contributed by atoms with van der Waals surface area (Å²) in [6.45, 7) is 0.592. The highest BCUT2D eigenvalue weighted by atomic mass is 32.2. The largest absolute Gasteiger partial charge is 0.441 e. The lowest BCUT2D eigenvalue weighted by Crippen LogP contribution is -2.35. The van der Waals surface area contributed by atoms with Gasteiger partial charge in [0, 0.05) is 18.8 Å². The fourth-order valence-electron chi connectivity index (χ4n) is 1.26. The molecular weight excluding hydrogens is 217 g/mol. The number of carbonyl (C=O) groups excluding carboxylic acids is 1. The summed E-state index contributed by atoms with van der Waals surface area (Å²) in [7, 11) is 0. The van der Waals surface area contributed by atoms with E-state index in [4.69, 9.17) is 5.73 Å². The van der Waals surface area contributed by atoms with Gasteiger partial charge >= 0.3 is 5.51 Å². The maximum atomic E-state index is 11.7. The van der Waals surface area contributed by atoms with E-state index >= 15 is 0 Å². The summed E-state index contributed by atoms with van der Waals surface area (Å²) in [5.74, 6) is -0.366. The van der Waals surface area contributed by atoms with Crippen LogP contribution >= 0.6 is 11.8 Å². The lowest BCUT2D eigenvalue weighted by Gasteiger charge is -2.15. The van der Waals surface area contributed by atoms with Gasteiger partial charge in [-0.05, 0) is 18.2 Å². The normalized spacial score (nSPS) is 23.3. The molecule has 0 aromatic heterocycles. The third-order valence-electron chi connectivity index (χ3n) is 1.97. The Morgan fingerprint density at radius 1 is 1.57 bits per heavy atom. The van der Waals surface area contributed by atoms with Crippen molar-refractivity contribution in [3.63, 3.8) is 0 Å². The van der Waals surface area contributed by atoms with Gasteiger partial charge in [0.2, 0.25) is 5.91 Å². The van der Waals surface area contributed by atoms with E-state index in [0.717, 1.165) is 0 Å². The van der Waals surface area contributed by atoms with Crippen LogP contribution in [0.5, 0.6) is 0 Å². The van der Waals surface area contributed by atoms with Crippen molar-refractivity contribution < 1.29 is 18.0 Å². The Morgan fingerprint density at radius 2 is 2.21 bits per heavy atom. The van der Waals surface area contributed by atoms with Gasteiger partial charge in [0.25, 0.3) is 0 Å². The maximum Gasteiger partial charge on any atom is 0.441 e. The van der Waals surface area contributed by atoms with Gasteiger partial charge in [-0.25, -0.2) is 0 Å². The highest BCUT2D eigenvalue weighted by Gasteiger charge is 2.31. The molecule has 0 radical (unpaired) electrons. The van der Waals surface area contributed by atoms with Gasteiger partial charge in [0.05, 0.1) is 6.04 Å². The molecule has 1 saturated heterocycles. The van der Waals surface area contributed by atoms with E-state index in [9.17, 15) is 18.0 Å². The predicted octanol–water partition coefficient (Wildman–Crippen LogP) is 0.799. The number of nitrogens with zero attached hydrogens (tertiary/aromatic N) is 1. The Morgan fingerprint density at radius 3 is 2.64 bits per heavy atom. The van der Waals surface area contributed by atoms with Crippen molar-refractivity contribution in [1.29, 1.82) is 0 Å². The summed E-state index contributed by atoms with van der Waals surface area (Å²) in [5.41, 5.74) is 1.19. The molecule has 3 nitrogen and oxygen atoms in total. The molecule has 0 aliphatic carbocycles. The van der Waals surface area contributed by atoms with Crippen LogP contribution in [0.1, 0.15) is 6.42 Å². The van der Waals surface area contributed by atoms with Crippen molar-refractivity contribution in [3.05, 3.63) is 0 Å². The maximum absolute atomic E-state index is 11.7. The molecule has 1 aliphatic heterocycles. The standard InChI is InChI=1S/C7H11F3N2OS/c8-7(9,10)14-4-3-12-2-1-5(11)6(12)13/h5H,1-4,11H2. The molecule has 1 atom stereocenters. The molecule has 1 heterocycles. The Hall–Kier alpha value is -0.430. The summed E-state index contributed by atoms with van der Waals surface area (Å²) in [6.07, 6.45) is 0.537. The summed E-state index contributed by atoms with van der Waals surface area (Å²) in [5, 5.41) is 0. The molecule has 0 saturated carbocycles. The molecule has 2 N–H and O–H groups in total. The number of amides is 1. The van der Waals surface area contributed by atoms with Crippen LogP contribution in [0.2, 0.25) is 0 Å². The van der Waals surface area contributed by atoms with Crippen LogP contribution in [0.25, 0.3) is 0 Å². The highest BCUT2D eigenvalue weighted by molar-refractivity contribution is 8.00. The van der Waals surface area contributed by atoms with Crippen LogP contribution in [0.15, 0.2) is 0 Å². The van der Waals surface area contributed by atoms with E-state index in [1.807, 2.05) is 0 Å². The predicted molar refractivity (Wildman–Crippen MR) is 47.7 cm³/mol. The Balaban J connectivity index is 2.23. The minimum Gasteiger partial charge on any atom is -0.340 e. The number of halogens is 3. The molecule has 82 valence electrons. The van der Waals surface area contributed by atoms with Crippen LogP contribution in [-0.2, 0) is 4.79 Å². The van der Waals surface area contributed by atoms with Crippen molar-refractivity contribution in [1.82, 2.24) is 4.90 Å². The van der Waals surface area contributed by atoms with E-state index < -0.39 is 11.6 Å². The Kier molecular flexibility index (Phi) is 3.65. The molecular formula is C7H11F3N2OS. The number of hydrogen-bond acceptors (Lipinski definition) is 3. The molecule has 1 unspecified atom stereocenters. The second-order valence-corrected chi connectivity index (χ2v) is 4.17. The van der Waals surface area contributed by atoms with Gasteiger partial charge in [-0.15, -0.1) is 0 Å². The smallest absolute Gasteiger partial charge is 0.340 e. The highest BCUT2D eigenvalue weighted by Crippen LogP contribution is 2.30. The van der Waals surface area contributed by atoms with Crippen molar-refractivity contribution in [2.75, 3.05) is 18.8 Å². The zero-order chi connectivity index (χ0) is 10.8. The topological polar surface area (TPSA) is 46.3 Å². The summed E-state index contributed by atoms with van der Waals surface area (Å²) in [6, 6.07) is -0.522. The molecule has 1 amide bonds. The van der Waals surface area contributed by atoms with Crippen LogP contribution in [0.4, 0.5) is 13.2 Å². The van der Waals surface area contributed by atoms with E-state index in [2.05, 4.69) is 0 Å². The lowest BCUT2D eigenvalue weighted by atomic mass is 10.3. The number of thioether (sulfide) groups is 1. The van der Waals surface area contributed by atoms with Gasteiger partial charge in [0.15, 0.2) is 0 Å². The number of nitrogens with two attached hydrogens (primary N) is 1. The van der Waals surface area contributed by atoms with Crippen LogP contribution < -0.4 is 5.73 Å². The van der Waals surface area contributed by atoms with E-state index in [-0.39, 0.29) is 30.0 Å². The first-order valence-corrected chi connectivity index (χ1v) is 5.14. The van der Waals surface area contributed by atoms with E-state index in [0.29, 0.717) is 13.0 Å². The average Bonchev–Trinajstić information content (AvgIpc) is 2.33. The first-order valence-electron chi connectivity index (χ1n) is 4.15. The van der Waals surface area contributed by atoms with Crippen LogP contribution in [-0.4, -0.2) is 41.2 Å². The number of likely N-dealkylation sites (tertiary alicyclic amines) is 1. The summed E-state index contributed by atoms with van der Waals surface area (Å²) in [4.78, 5) is 12.5. The minimum absolute atomic E-state index is 0.111. The van der Waals surface area contributed by atoms with Crippen molar-refractivity contribution in [3.8, 4) is 0 Å². The second-order valence-electron chi connectivity index (χ2n) is 3.01. The van der Waals surface area contributed by atoms with Gasteiger partial charge in [-0.1, -0.05) is 0 Å². The zero-order valence-electron chi connectivity index (χ0n) is 7.38. The summed E-state index contributed by atoms with van der Waals surface area (Å²) >= 11 is -0.111. The zero-order valence-corrected chi connectivity index (χ0v) is 8.20. The third-order valence-corrected chi connectivity index (χ3v) is 2.68. The fourth-order valence-corrected chi connectivity index (χ4v) is 1.80. The van der Waals surface area contributed by atoms with Crippen LogP contribution in [0, 0.1) is 0 Å². The van der Waals surface area contributed by atoms with Crippen molar-refractivity contribution in [2.24, 2.45) is 5.73 Å². The number of alkyl halides is 3. The molecule has 0 aromatic carbocycles. The Bertz CT molecular complexity index is 221. The molecule has 0 aromatic rings. The van der Waals surface area contributed by atoms with Crippen molar-refractivity contribution in [2.45, 2.75) is 18.0 Å². The average molecular weight is 228 g/mol. The lowest BCUT2D eigenvalue weighted by molar-refractivity contribution is -0.128. The molecule has 7 heteroatoms. The first-order chi connectivity index (χ1) is 6.40. The molecule has 0 bridgehead atoms. The molecule has 1 aliphatic rings. The second kappa shape index (κ2) is 4.39. The fraction of sp³-hybridized carbons (Fsp3) is 0.857. The SMILES string of the molecule is NC1CCN(CCSC(F)(F)F)C1=O. The molecule has 1 rings (SSSR count). The van der Waals surface area contributed by atoms with Crippen LogP contribution in [0.3, 0.4) is 0 Å². The number of hydrogen-bond donors (Lipinski definition) is 1. The number of carbonyl (C=O) groups is 1. The molecule has 0 spiro atoms.